The smallest absolute Gasteiger partial charge is 0.257 e. The summed E-state index contributed by atoms with van der Waals surface area (Å²) in [6.07, 6.45) is 0.851. The van der Waals surface area contributed by atoms with E-state index in [-0.39, 0.29) is 5.56 Å². The van der Waals surface area contributed by atoms with Crippen molar-refractivity contribution in [2.45, 2.75) is 2.21 Å². The molecule has 1 rings (SSSR count). The third kappa shape index (κ3) is 2.72. The zero-order chi connectivity index (χ0) is 12.6. The molecule has 0 amide bonds. The van der Waals surface area contributed by atoms with E-state index in [1.165, 1.54) is 34.7 Å². The third-order valence-electron chi connectivity index (χ3n) is 1.82. The van der Waals surface area contributed by atoms with Gasteiger partial charge in [-0.15, -0.1) is 0 Å². The molecule has 7 heteroatoms. The van der Waals surface area contributed by atoms with Gasteiger partial charge < -0.3 is 0 Å². The van der Waals surface area contributed by atoms with Crippen LogP contribution in [0, 0.1) is 5.82 Å². The molecule has 0 heterocycles. The summed E-state index contributed by atoms with van der Waals surface area (Å²) in [6, 6.07) is 4.73. The van der Waals surface area contributed by atoms with Crippen LogP contribution < -0.4 is 0 Å². The van der Waals surface area contributed by atoms with Crippen LogP contribution in [0.25, 0.3) is 0 Å². The SMILES string of the molecule is CS(=O)(=O)[C@@](Cl)(I)C(=O)c1cccc(F)c1. The average molecular weight is 377 g/mol. The zero-order valence-electron chi connectivity index (χ0n) is 8.08. The number of halogens is 3. The second-order valence-corrected chi connectivity index (χ2v) is 9.06. The van der Waals surface area contributed by atoms with Crippen molar-refractivity contribution >= 4 is 49.8 Å². The van der Waals surface area contributed by atoms with Gasteiger partial charge in [0.05, 0.1) is 0 Å². The van der Waals surface area contributed by atoms with Crippen molar-refractivity contribution in [2.75, 3.05) is 6.26 Å². The molecule has 0 N–H and O–H groups in total. The van der Waals surface area contributed by atoms with Gasteiger partial charge in [-0.25, -0.2) is 12.8 Å². The van der Waals surface area contributed by atoms with Crippen LogP contribution in [0.15, 0.2) is 24.3 Å². The minimum absolute atomic E-state index is 0.0742. The molecule has 0 aliphatic rings. The van der Waals surface area contributed by atoms with Crippen LogP contribution in [0.2, 0.25) is 0 Å². The normalized spacial score (nSPS) is 15.5. The molecule has 0 bridgehead atoms. The Hall–Kier alpha value is -0.210. The van der Waals surface area contributed by atoms with Gasteiger partial charge in [0.1, 0.15) is 5.82 Å². The number of rotatable bonds is 3. The van der Waals surface area contributed by atoms with Crippen LogP contribution in [0.1, 0.15) is 10.4 Å². The van der Waals surface area contributed by atoms with E-state index in [4.69, 9.17) is 11.6 Å². The Morgan fingerprint density at radius 2 is 2.06 bits per heavy atom. The maximum atomic E-state index is 12.9. The summed E-state index contributed by atoms with van der Waals surface area (Å²) in [4.78, 5) is 11.8. The highest BCUT2D eigenvalue weighted by Gasteiger charge is 2.44. The van der Waals surface area contributed by atoms with E-state index in [2.05, 4.69) is 0 Å². The summed E-state index contributed by atoms with van der Waals surface area (Å²) in [6.45, 7) is 0. The van der Waals surface area contributed by atoms with Crippen molar-refractivity contribution < 1.29 is 17.6 Å². The number of hydrogen-bond acceptors (Lipinski definition) is 3. The van der Waals surface area contributed by atoms with Crippen LogP contribution in [0.4, 0.5) is 4.39 Å². The highest BCUT2D eigenvalue weighted by molar-refractivity contribution is 14.1. The Morgan fingerprint density at radius 3 is 2.50 bits per heavy atom. The van der Waals surface area contributed by atoms with E-state index < -0.39 is 23.7 Å². The van der Waals surface area contributed by atoms with Crippen LogP contribution in [0.3, 0.4) is 0 Å². The molecule has 0 aliphatic heterocycles. The lowest BCUT2D eigenvalue weighted by Gasteiger charge is -2.16. The number of benzene rings is 1. The van der Waals surface area contributed by atoms with Gasteiger partial charge in [0, 0.05) is 11.8 Å². The van der Waals surface area contributed by atoms with Crippen molar-refractivity contribution in [3.63, 3.8) is 0 Å². The molecule has 0 unspecified atom stereocenters. The predicted octanol–water partition coefficient (Wildman–Crippen LogP) is 2.38. The molecular weight excluding hydrogens is 370 g/mol. The summed E-state index contributed by atoms with van der Waals surface area (Å²) >= 11 is 7.01. The number of hydrogen-bond donors (Lipinski definition) is 0. The average Bonchev–Trinajstić information content (AvgIpc) is 2.14. The first kappa shape index (κ1) is 13.9. The van der Waals surface area contributed by atoms with E-state index in [9.17, 15) is 17.6 Å². The Balaban J connectivity index is 3.23. The number of carbonyl (C=O) groups excluding carboxylic acids is 1. The van der Waals surface area contributed by atoms with Crippen molar-refractivity contribution in [3.8, 4) is 0 Å². The van der Waals surface area contributed by atoms with E-state index in [1.54, 1.807) is 0 Å². The summed E-state index contributed by atoms with van der Waals surface area (Å²) < 4.78 is 33.4. The number of sulfone groups is 1. The molecule has 1 aromatic rings. The van der Waals surface area contributed by atoms with Gasteiger partial charge >= 0.3 is 0 Å². The molecule has 0 aromatic heterocycles. The molecule has 0 aliphatic carbocycles. The van der Waals surface area contributed by atoms with Gasteiger partial charge in [-0.2, -0.15) is 0 Å². The van der Waals surface area contributed by atoms with E-state index >= 15 is 0 Å². The molecule has 0 radical (unpaired) electrons. The first-order valence-corrected chi connectivity index (χ1v) is 7.39. The van der Waals surface area contributed by atoms with Crippen molar-refractivity contribution in [1.29, 1.82) is 0 Å². The van der Waals surface area contributed by atoms with Crippen molar-refractivity contribution in [3.05, 3.63) is 35.6 Å². The minimum Gasteiger partial charge on any atom is -0.290 e. The fourth-order valence-corrected chi connectivity index (χ4v) is 1.84. The summed E-state index contributed by atoms with van der Waals surface area (Å²) in [7, 11) is -3.78. The third-order valence-corrected chi connectivity index (χ3v) is 6.84. The maximum absolute atomic E-state index is 12.9. The van der Waals surface area contributed by atoms with Gasteiger partial charge in [0.25, 0.3) is 2.21 Å². The fraction of sp³-hybridized carbons (Fsp3) is 0.222. The summed E-state index contributed by atoms with van der Waals surface area (Å²) in [5.41, 5.74) is -0.0742. The van der Waals surface area contributed by atoms with E-state index in [0.717, 1.165) is 18.4 Å². The Morgan fingerprint density at radius 1 is 1.50 bits per heavy atom. The lowest BCUT2D eigenvalue weighted by molar-refractivity contribution is 0.100. The minimum atomic E-state index is -3.78. The van der Waals surface area contributed by atoms with Crippen LogP contribution in [-0.2, 0) is 9.84 Å². The van der Waals surface area contributed by atoms with Gasteiger partial charge in [-0.3, -0.25) is 4.79 Å². The Labute approximate surface area is 111 Å². The zero-order valence-corrected chi connectivity index (χ0v) is 11.8. The highest BCUT2D eigenvalue weighted by Crippen LogP contribution is 2.34. The molecule has 1 aromatic carbocycles. The molecule has 88 valence electrons. The molecular formula is C9H7ClFIO3S. The molecule has 0 saturated heterocycles. The van der Waals surface area contributed by atoms with Crippen LogP contribution in [-0.4, -0.2) is 22.7 Å². The summed E-state index contributed by atoms with van der Waals surface area (Å²) in [5, 5.41) is 0. The number of alkyl halides is 2. The second-order valence-electron chi connectivity index (χ2n) is 3.13. The van der Waals surface area contributed by atoms with Crippen LogP contribution in [0.5, 0.6) is 0 Å². The molecule has 0 spiro atoms. The molecule has 16 heavy (non-hydrogen) atoms. The monoisotopic (exact) mass is 376 g/mol. The first-order chi connectivity index (χ1) is 7.16. The largest absolute Gasteiger partial charge is 0.290 e. The molecule has 0 saturated carbocycles. The van der Waals surface area contributed by atoms with E-state index in [0.29, 0.717) is 0 Å². The molecule has 0 fully saturated rings. The summed E-state index contributed by atoms with van der Waals surface area (Å²) in [5.74, 6) is -1.47. The van der Waals surface area contributed by atoms with Gasteiger partial charge in [0.2, 0.25) is 5.78 Å². The number of Topliss-reactive ketones (excluding diaryl/α,β-unsaturated/α-hetero) is 1. The predicted molar refractivity (Wildman–Crippen MR) is 68.2 cm³/mol. The van der Waals surface area contributed by atoms with E-state index in [1.807, 2.05) is 0 Å². The Kier molecular flexibility index (Phi) is 3.96. The molecule has 3 nitrogen and oxygen atoms in total. The quantitative estimate of drug-likeness (QED) is 0.462. The highest BCUT2D eigenvalue weighted by atomic mass is 127. The topological polar surface area (TPSA) is 51.2 Å². The van der Waals surface area contributed by atoms with Gasteiger partial charge in [-0.05, 0) is 34.7 Å². The Bertz CT molecular complexity index is 527. The van der Waals surface area contributed by atoms with Gasteiger partial charge in [0.15, 0.2) is 9.84 Å². The van der Waals surface area contributed by atoms with Crippen molar-refractivity contribution in [1.82, 2.24) is 0 Å². The second kappa shape index (κ2) is 4.58. The van der Waals surface area contributed by atoms with Crippen molar-refractivity contribution in [2.24, 2.45) is 0 Å². The van der Waals surface area contributed by atoms with Gasteiger partial charge in [-0.1, -0.05) is 23.7 Å². The number of ketones is 1. The maximum Gasteiger partial charge on any atom is 0.257 e. The molecule has 1 atom stereocenters. The lowest BCUT2D eigenvalue weighted by Crippen LogP contribution is -2.34. The number of carbonyl (C=O) groups is 1. The lowest BCUT2D eigenvalue weighted by atomic mass is 10.1. The fourth-order valence-electron chi connectivity index (χ4n) is 0.966. The first-order valence-electron chi connectivity index (χ1n) is 4.04. The standard InChI is InChI=1S/C9H7ClFIO3S/c1-16(14,15)9(10,12)8(13)6-3-2-4-7(11)5-6/h2-5H,1H3/t9-/m0/s1. The van der Waals surface area contributed by atoms with Crippen LogP contribution >= 0.6 is 34.2 Å².